The van der Waals surface area contributed by atoms with E-state index in [2.05, 4.69) is 15.6 Å². The number of anilines is 3. The van der Waals surface area contributed by atoms with Crippen LogP contribution in [0.25, 0.3) is 0 Å². The molecule has 1 heterocycles. The topological polar surface area (TPSA) is 80.3 Å². The molecule has 0 radical (unpaired) electrons. The third-order valence-electron chi connectivity index (χ3n) is 4.10. The number of esters is 1. The summed E-state index contributed by atoms with van der Waals surface area (Å²) in [6.45, 7) is 2.45. The number of unbranched alkanes of at least 4 members (excludes halogenated alkanes) is 1. The first kappa shape index (κ1) is 21.8. The van der Waals surface area contributed by atoms with Gasteiger partial charge in [-0.25, -0.2) is 9.78 Å². The Morgan fingerprint density at radius 3 is 2.67 bits per heavy atom. The highest BCUT2D eigenvalue weighted by molar-refractivity contribution is 7.13. The second kappa shape index (κ2) is 10.8. The summed E-state index contributed by atoms with van der Waals surface area (Å²) >= 11 is 7.40. The lowest BCUT2D eigenvalue weighted by atomic mass is 10.2. The van der Waals surface area contributed by atoms with E-state index in [9.17, 15) is 9.59 Å². The smallest absolute Gasteiger partial charge is 0.338 e. The Bertz CT molecular complexity index is 1000. The zero-order valence-electron chi connectivity index (χ0n) is 16.5. The Morgan fingerprint density at radius 2 is 1.93 bits per heavy atom. The van der Waals surface area contributed by atoms with Crippen molar-refractivity contribution in [1.82, 2.24) is 4.98 Å². The molecule has 3 rings (SSSR count). The van der Waals surface area contributed by atoms with Crippen LogP contribution in [0.3, 0.4) is 0 Å². The molecule has 0 bridgehead atoms. The van der Waals surface area contributed by atoms with E-state index in [1.807, 2.05) is 24.4 Å². The van der Waals surface area contributed by atoms with Gasteiger partial charge in [-0.1, -0.05) is 31.0 Å². The highest BCUT2D eigenvalue weighted by atomic mass is 35.5. The van der Waals surface area contributed by atoms with Gasteiger partial charge in [-0.3, -0.25) is 4.79 Å². The minimum absolute atomic E-state index is 0.147. The summed E-state index contributed by atoms with van der Waals surface area (Å²) < 4.78 is 5.17. The molecule has 0 aliphatic rings. The van der Waals surface area contributed by atoms with Crippen molar-refractivity contribution in [2.75, 3.05) is 17.2 Å². The van der Waals surface area contributed by atoms with Gasteiger partial charge in [0.25, 0.3) is 0 Å². The quantitative estimate of drug-likeness (QED) is 0.328. The van der Waals surface area contributed by atoms with E-state index in [1.165, 1.54) is 11.3 Å². The molecule has 3 aromatic rings. The third kappa shape index (κ3) is 6.57. The molecule has 2 N–H and O–H groups in total. The Morgan fingerprint density at radius 1 is 1.13 bits per heavy atom. The van der Waals surface area contributed by atoms with Gasteiger partial charge >= 0.3 is 5.97 Å². The highest BCUT2D eigenvalue weighted by Gasteiger charge is 2.10. The molecule has 6 nitrogen and oxygen atoms in total. The van der Waals surface area contributed by atoms with Crippen LogP contribution in [0.1, 0.15) is 35.8 Å². The molecule has 1 aromatic heterocycles. The van der Waals surface area contributed by atoms with Crippen molar-refractivity contribution >= 4 is 51.3 Å². The predicted octanol–water partition coefficient (Wildman–Crippen LogP) is 5.68. The molecule has 156 valence electrons. The van der Waals surface area contributed by atoms with E-state index in [1.54, 1.807) is 36.4 Å². The average molecular weight is 444 g/mol. The van der Waals surface area contributed by atoms with Crippen molar-refractivity contribution in [3.8, 4) is 0 Å². The standard InChI is InChI=1S/C22H22ClN3O3S/c1-2-3-11-29-21(28)15-7-9-17(10-8-15)24-20(27)13-19-14-30-22(26-19)25-18-6-4-5-16(23)12-18/h4-10,12,14H,2-3,11,13H2,1H3,(H,24,27)(H,25,26). The molecule has 0 aliphatic heterocycles. The molecule has 0 spiro atoms. The number of carbonyl (C=O) groups is 2. The lowest BCUT2D eigenvalue weighted by molar-refractivity contribution is -0.115. The Hall–Kier alpha value is -2.90. The monoisotopic (exact) mass is 443 g/mol. The van der Waals surface area contributed by atoms with Crippen LogP contribution in [-0.4, -0.2) is 23.5 Å². The van der Waals surface area contributed by atoms with Crippen molar-refractivity contribution in [2.45, 2.75) is 26.2 Å². The fraction of sp³-hybridized carbons (Fsp3) is 0.227. The molecule has 0 unspecified atom stereocenters. The van der Waals surface area contributed by atoms with Crippen molar-refractivity contribution in [3.63, 3.8) is 0 Å². The third-order valence-corrected chi connectivity index (χ3v) is 5.15. The van der Waals surface area contributed by atoms with Gasteiger partial charge in [0.2, 0.25) is 5.91 Å². The van der Waals surface area contributed by atoms with Crippen LogP contribution in [0.4, 0.5) is 16.5 Å². The number of hydrogen-bond acceptors (Lipinski definition) is 6. The lowest BCUT2D eigenvalue weighted by Crippen LogP contribution is -2.15. The lowest BCUT2D eigenvalue weighted by Gasteiger charge is -2.06. The van der Waals surface area contributed by atoms with Crippen LogP contribution in [0.2, 0.25) is 5.02 Å². The zero-order chi connectivity index (χ0) is 21.3. The number of hydrogen-bond donors (Lipinski definition) is 2. The molecule has 0 atom stereocenters. The van der Waals surface area contributed by atoms with Gasteiger partial charge in [0, 0.05) is 21.8 Å². The van der Waals surface area contributed by atoms with Gasteiger partial charge in [-0.2, -0.15) is 0 Å². The van der Waals surface area contributed by atoms with Crippen LogP contribution >= 0.6 is 22.9 Å². The number of thiazole rings is 1. The van der Waals surface area contributed by atoms with Gasteiger partial charge < -0.3 is 15.4 Å². The number of carbonyl (C=O) groups excluding carboxylic acids is 2. The fourth-order valence-corrected chi connectivity index (χ4v) is 3.51. The van der Waals surface area contributed by atoms with Gasteiger partial charge in [0.15, 0.2) is 5.13 Å². The molecular formula is C22H22ClN3O3S. The number of nitrogens with zero attached hydrogens (tertiary/aromatic N) is 1. The largest absolute Gasteiger partial charge is 0.462 e. The molecule has 0 saturated heterocycles. The minimum Gasteiger partial charge on any atom is -0.462 e. The molecule has 1 amide bonds. The minimum atomic E-state index is -0.358. The molecule has 0 fully saturated rings. The van der Waals surface area contributed by atoms with Gasteiger partial charge in [-0.05, 0) is 48.9 Å². The zero-order valence-corrected chi connectivity index (χ0v) is 18.1. The summed E-state index contributed by atoms with van der Waals surface area (Å²) in [5, 5.41) is 9.14. The van der Waals surface area contributed by atoms with Gasteiger partial charge in [-0.15, -0.1) is 11.3 Å². The maximum absolute atomic E-state index is 12.3. The Kier molecular flexibility index (Phi) is 7.82. The number of amides is 1. The van der Waals surface area contributed by atoms with E-state index in [-0.39, 0.29) is 18.3 Å². The summed E-state index contributed by atoms with van der Waals surface area (Å²) in [5.74, 6) is -0.545. The maximum Gasteiger partial charge on any atom is 0.338 e. The van der Waals surface area contributed by atoms with Crippen molar-refractivity contribution in [2.24, 2.45) is 0 Å². The van der Waals surface area contributed by atoms with Gasteiger partial charge in [0.1, 0.15) is 0 Å². The molecule has 2 aromatic carbocycles. The van der Waals surface area contributed by atoms with Crippen molar-refractivity contribution < 1.29 is 14.3 Å². The highest BCUT2D eigenvalue weighted by Crippen LogP contribution is 2.23. The van der Waals surface area contributed by atoms with Crippen LogP contribution in [-0.2, 0) is 16.0 Å². The molecule has 8 heteroatoms. The second-order valence-corrected chi connectivity index (χ2v) is 7.87. The average Bonchev–Trinajstić information content (AvgIpc) is 3.15. The Balaban J connectivity index is 1.51. The van der Waals surface area contributed by atoms with Crippen molar-refractivity contribution in [3.05, 3.63) is 70.2 Å². The summed E-state index contributed by atoms with van der Waals surface area (Å²) in [6, 6.07) is 14.0. The second-order valence-electron chi connectivity index (χ2n) is 6.57. The van der Waals surface area contributed by atoms with Crippen LogP contribution in [0.15, 0.2) is 53.9 Å². The first-order chi connectivity index (χ1) is 14.5. The maximum atomic E-state index is 12.3. The number of rotatable bonds is 9. The van der Waals surface area contributed by atoms with Crippen LogP contribution in [0.5, 0.6) is 0 Å². The summed E-state index contributed by atoms with van der Waals surface area (Å²) in [6.07, 6.45) is 1.96. The SMILES string of the molecule is CCCCOC(=O)c1ccc(NC(=O)Cc2csc(Nc3cccc(Cl)c3)n2)cc1. The summed E-state index contributed by atoms with van der Waals surface area (Å²) in [4.78, 5) is 28.7. The molecule has 30 heavy (non-hydrogen) atoms. The van der Waals surface area contributed by atoms with E-state index in [0.717, 1.165) is 18.5 Å². The first-order valence-corrected chi connectivity index (χ1v) is 10.8. The van der Waals surface area contributed by atoms with Crippen LogP contribution < -0.4 is 10.6 Å². The fourth-order valence-electron chi connectivity index (χ4n) is 2.59. The van der Waals surface area contributed by atoms with Crippen LogP contribution in [0, 0.1) is 0 Å². The molecular weight excluding hydrogens is 422 g/mol. The number of aromatic nitrogens is 1. The van der Waals surface area contributed by atoms with E-state index in [4.69, 9.17) is 16.3 Å². The van der Waals surface area contributed by atoms with E-state index < -0.39 is 0 Å². The predicted molar refractivity (Wildman–Crippen MR) is 121 cm³/mol. The van der Waals surface area contributed by atoms with Crippen molar-refractivity contribution in [1.29, 1.82) is 0 Å². The normalized spacial score (nSPS) is 10.5. The molecule has 0 saturated carbocycles. The number of benzene rings is 2. The first-order valence-electron chi connectivity index (χ1n) is 9.57. The van der Waals surface area contributed by atoms with E-state index >= 15 is 0 Å². The Labute approximate surface area is 184 Å². The number of halogens is 1. The number of ether oxygens (including phenoxy) is 1. The van der Waals surface area contributed by atoms with E-state index in [0.29, 0.717) is 33.7 Å². The summed E-state index contributed by atoms with van der Waals surface area (Å²) in [7, 11) is 0. The van der Waals surface area contributed by atoms with Gasteiger partial charge in [0.05, 0.1) is 24.3 Å². The summed E-state index contributed by atoms with van der Waals surface area (Å²) in [5.41, 5.74) is 2.57. The molecule has 0 aliphatic carbocycles. The number of nitrogens with one attached hydrogen (secondary N) is 2.